The topological polar surface area (TPSA) is 87.3 Å². The Morgan fingerprint density at radius 3 is 1.94 bits per heavy atom. The minimum atomic E-state index is -0.495. The van der Waals surface area contributed by atoms with Gasteiger partial charge in [-0.25, -0.2) is 0 Å². The molecule has 1 aromatic heterocycles. The zero-order valence-electron chi connectivity index (χ0n) is 19.4. The van der Waals surface area contributed by atoms with Gasteiger partial charge in [-0.3, -0.25) is 25.2 Å². The number of hydrogen-bond donors (Lipinski definition) is 3. The number of thiophene rings is 1. The standard InChI is InChI=1S/C27H24ClN3O3S/c1-27(2,3)18-12-8-16(9-13-18)24(32)29-19-14-10-17(11-15-19)25(33)30-31-26(34)23-22(28)20-6-4-5-7-21(20)35-23/h4-15H,1-3H3,(H,29,32)(H,30,33)(H,31,34). The molecule has 0 spiro atoms. The van der Waals surface area contributed by atoms with Crippen LogP contribution in [0.25, 0.3) is 10.1 Å². The van der Waals surface area contributed by atoms with Gasteiger partial charge < -0.3 is 5.32 Å². The Kier molecular flexibility index (Phi) is 6.91. The van der Waals surface area contributed by atoms with Crippen LogP contribution >= 0.6 is 22.9 Å². The lowest BCUT2D eigenvalue weighted by atomic mass is 9.87. The van der Waals surface area contributed by atoms with Crippen molar-refractivity contribution >= 4 is 56.4 Å². The number of nitrogens with one attached hydrogen (secondary N) is 3. The summed E-state index contributed by atoms with van der Waals surface area (Å²) in [7, 11) is 0. The second-order valence-corrected chi connectivity index (χ2v) is 10.4. The molecule has 0 radical (unpaired) electrons. The van der Waals surface area contributed by atoms with Crippen LogP contribution in [0.4, 0.5) is 5.69 Å². The molecular formula is C27H24ClN3O3S. The molecular weight excluding hydrogens is 482 g/mol. The van der Waals surface area contributed by atoms with E-state index in [1.807, 2.05) is 36.4 Å². The maximum atomic E-state index is 12.6. The molecule has 3 amide bonds. The van der Waals surface area contributed by atoms with E-state index in [0.29, 0.717) is 26.7 Å². The lowest BCUT2D eigenvalue weighted by molar-refractivity contribution is 0.0849. The SMILES string of the molecule is CC(C)(C)c1ccc(C(=O)Nc2ccc(C(=O)NNC(=O)c3sc4ccccc4c3Cl)cc2)cc1. The Labute approximate surface area is 212 Å². The number of hydrazine groups is 1. The van der Waals surface area contributed by atoms with Gasteiger partial charge in [0.1, 0.15) is 4.88 Å². The molecule has 178 valence electrons. The molecule has 6 nitrogen and oxygen atoms in total. The van der Waals surface area contributed by atoms with Crippen molar-refractivity contribution in [3.8, 4) is 0 Å². The van der Waals surface area contributed by atoms with E-state index in [4.69, 9.17) is 11.6 Å². The van der Waals surface area contributed by atoms with Gasteiger partial charge in [0, 0.05) is 26.9 Å². The first kappa shape index (κ1) is 24.4. The van der Waals surface area contributed by atoms with E-state index in [0.717, 1.165) is 15.6 Å². The van der Waals surface area contributed by atoms with Crippen molar-refractivity contribution in [2.24, 2.45) is 0 Å². The summed E-state index contributed by atoms with van der Waals surface area (Å²) in [5.41, 5.74) is 7.36. The van der Waals surface area contributed by atoms with E-state index in [2.05, 4.69) is 36.9 Å². The van der Waals surface area contributed by atoms with E-state index in [1.165, 1.54) is 11.3 Å². The molecule has 4 rings (SSSR count). The first-order chi connectivity index (χ1) is 16.6. The summed E-state index contributed by atoms with van der Waals surface area (Å²) in [5.74, 6) is -1.23. The molecule has 4 aromatic rings. The number of halogens is 1. The van der Waals surface area contributed by atoms with Gasteiger partial charge in [-0.15, -0.1) is 11.3 Å². The number of rotatable bonds is 4. The Morgan fingerprint density at radius 2 is 1.31 bits per heavy atom. The van der Waals surface area contributed by atoms with Crippen molar-refractivity contribution < 1.29 is 14.4 Å². The van der Waals surface area contributed by atoms with Crippen LogP contribution in [-0.2, 0) is 5.41 Å². The quantitative estimate of drug-likeness (QED) is 0.289. The van der Waals surface area contributed by atoms with Crippen molar-refractivity contribution in [3.05, 3.63) is 99.4 Å². The minimum Gasteiger partial charge on any atom is -0.322 e. The van der Waals surface area contributed by atoms with Crippen molar-refractivity contribution in [2.75, 3.05) is 5.32 Å². The van der Waals surface area contributed by atoms with Crippen LogP contribution in [0.15, 0.2) is 72.8 Å². The average Bonchev–Trinajstić information content (AvgIpc) is 3.19. The summed E-state index contributed by atoms with van der Waals surface area (Å²) in [6.07, 6.45) is 0. The maximum Gasteiger partial charge on any atom is 0.281 e. The number of hydrogen-bond acceptors (Lipinski definition) is 4. The van der Waals surface area contributed by atoms with Crippen LogP contribution in [0.3, 0.4) is 0 Å². The van der Waals surface area contributed by atoms with E-state index >= 15 is 0 Å². The smallest absolute Gasteiger partial charge is 0.281 e. The molecule has 0 aliphatic heterocycles. The van der Waals surface area contributed by atoms with Crippen molar-refractivity contribution in [2.45, 2.75) is 26.2 Å². The molecule has 0 saturated carbocycles. The number of anilines is 1. The first-order valence-electron chi connectivity index (χ1n) is 10.9. The predicted octanol–water partition coefficient (Wildman–Crippen LogP) is 6.18. The Hall–Kier alpha value is -3.68. The van der Waals surface area contributed by atoms with E-state index in [1.54, 1.807) is 36.4 Å². The van der Waals surface area contributed by atoms with Gasteiger partial charge in [-0.05, 0) is 53.4 Å². The van der Waals surface area contributed by atoms with Crippen molar-refractivity contribution in [1.29, 1.82) is 0 Å². The highest BCUT2D eigenvalue weighted by Gasteiger charge is 2.18. The molecule has 0 atom stereocenters. The van der Waals surface area contributed by atoms with Crippen LogP contribution in [0, 0.1) is 0 Å². The normalized spacial score (nSPS) is 11.2. The predicted molar refractivity (Wildman–Crippen MR) is 141 cm³/mol. The minimum absolute atomic E-state index is 0.00895. The van der Waals surface area contributed by atoms with Gasteiger partial charge in [0.2, 0.25) is 0 Å². The van der Waals surface area contributed by atoms with Crippen molar-refractivity contribution in [3.63, 3.8) is 0 Å². The van der Waals surface area contributed by atoms with Crippen LogP contribution in [0.5, 0.6) is 0 Å². The maximum absolute atomic E-state index is 12.6. The number of amides is 3. The van der Waals surface area contributed by atoms with Crippen LogP contribution < -0.4 is 16.2 Å². The molecule has 3 N–H and O–H groups in total. The Morgan fingerprint density at radius 1 is 0.743 bits per heavy atom. The van der Waals surface area contributed by atoms with Gasteiger partial charge in [0.25, 0.3) is 17.7 Å². The van der Waals surface area contributed by atoms with E-state index < -0.39 is 11.8 Å². The van der Waals surface area contributed by atoms with Crippen molar-refractivity contribution in [1.82, 2.24) is 10.9 Å². The third-order valence-corrected chi connectivity index (χ3v) is 7.12. The fraction of sp³-hybridized carbons (Fsp3) is 0.148. The highest BCUT2D eigenvalue weighted by atomic mass is 35.5. The third-order valence-electron chi connectivity index (χ3n) is 5.45. The van der Waals surface area contributed by atoms with Gasteiger partial charge >= 0.3 is 0 Å². The number of fused-ring (bicyclic) bond motifs is 1. The summed E-state index contributed by atoms with van der Waals surface area (Å²) in [5, 5.41) is 3.96. The fourth-order valence-electron chi connectivity index (χ4n) is 3.43. The van der Waals surface area contributed by atoms with Crippen LogP contribution in [-0.4, -0.2) is 17.7 Å². The zero-order chi connectivity index (χ0) is 25.2. The monoisotopic (exact) mass is 505 g/mol. The number of carbonyl (C=O) groups is 3. The third kappa shape index (κ3) is 5.53. The molecule has 35 heavy (non-hydrogen) atoms. The summed E-state index contributed by atoms with van der Waals surface area (Å²) < 4.78 is 0.886. The second-order valence-electron chi connectivity index (χ2n) is 9.01. The second kappa shape index (κ2) is 9.90. The Balaban J connectivity index is 1.35. The molecule has 0 aliphatic rings. The molecule has 8 heteroatoms. The lowest BCUT2D eigenvalue weighted by Crippen LogP contribution is -2.41. The molecule has 0 bridgehead atoms. The highest BCUT2D eigenvalue weighted by Crippen LogP contribution is 2.34. The molecule has 0 fully saturated rings. The van der Waals surface area contributed by atoms with Gasteiger partial charge in [0.15, 0.2) is 0 Å². The van der Waals surface area contributed by atoms with Gasteiger partial charge in [-0.1, -0.05) is 62.7 Å². The molecule has 1 heterocycles. The highest BCUT2D eigenvalue weighted by molar-refractivity contribution is 7.21. The summed E-state index contributed by atoms with van der Waals surface area (Å²) in [6, 6.07) is 21.3. The number of carbonyl (C=O) groups excluding carboxylic acids is 3. The number of benzene rings is 3. The zero-order valence-corrected chi connectivity index (χ0v) is 21.0. The average molecular weight is 506 g/mol. The van der Waals surface area contributed by atoms with Crippen LogP contribution in [0.1, 0.15) is 56.7 Å². The van der Waals surface area contributed by atoms with E-state index in [9.17, 15) is 14.4 Å². The van der Waals surface area contributed by atoms with Gasteiger partial charge in [0.05, 0.1) is 5.02 Å². The van der Waals surface area contributed by atoms with Gasteiger partial charge in [-0.2, -0.15) is 0 Å². The molecule has 0 unspecified atom stereocenters. The largest absolute Gasteiger partial charge is 0.322 e. The van der Waals surface area contributed by atoms with E-state index in [-0.39, 0.29) is 11.3 Å². The Bertz CT molecular complexity index is 1400. The fourth-order valence-corrected chi connectivity index (χ4v) is 4.84. The molecule has 0 aliphatic carbocycles. The molecule has 3 aromatic carbocycles. The summed E-state index contributed by atoms with van der Waals surface area (Å²) in [6.45, 7) is 6.35. The summed E-state index contributed by atoms with van der Waals surface area (Å²) in [4.78, 5) is 37.8. The molecule has 0 saturated heterocycles. The summed E-state index contributed by atoms with van der Waals surface area (Å²) >= 11 is 7.57. The lowest BCUT2D eigenvalue weighted by Gasteiger charge is -2.19. The van der Waals surface area contributed by atoms with Crippen LogP contribution in [0.2, 0.25) is 5.02 Å². The first-order valence-corrected chi connectivity index (χ1v) is 12.1.